The third-order valence-corrected chi connectivity index (χ3v) is 4.28. The van der Waals surface area contributed by atoms with Crippen molar-refractivity contribution < 1.29 is 13.6 Å². The number of carbonyl (C=O) groups is 1. The summed E-state index contributed by atoms with van der Waals surface area (Å²) in [6.45, 7) is 0.676. The number of amides is 1. The number of rotatable bonds is 7. The van der Waals surface area contributed by atoms with E-state index in [2.05, 4.69) is 21.6 Å². The topological polar surface area (TPSA) is 68.0 Å². The molecule has 0 bridgehead atoms. The van der Waals surface area contributed by atoms with E-state index in [-0.39, 0.29) is 11.7 Å². The molecule has 1 aromatic heterocycles. The smallest absolute Gasteiger partial charge is 0.247 e. The van der Waals surface area contributed by atoms with Crippen molar-refractivity contribution in [1.82, 2.24) is 15.5 Å². The third-order valence-electron chi connectivity index (χ3n) is 4.28. The van der Waals surface area contributed by atoms with Gasteiger partial charge in [0.05, 0.1) is 0 Å². The Hall–Kier alpha value is -2.50. The maximum absolute atomic E-state index is 12.9. The highest BCUT2D eigenvalue weighted by Gasteiger charge is 2.11. The lowest BCUT2D eigenvalue weighted by molar-refractivity contribution is -0.121. The van der Waals surface area contributed by atoms with Crippen LogP contribution in [-0.4, -0.2) is 22.6 Å². The lowest BCUT2D eigenvalue weighted by Crippen LogP contribution is -2.25. The van der Waals surface area contributed by atoms with E-state index in [1.807, 2.05) is 0 Å². The van der Waals surface area contributed by atoms with Crippen LogP contribution >= 0.6 is 0 Å². The van der Waals surface area contributed by atoms with Crippen LogP contribution in [0.15, 0.2) is 40.3 Å². The van der Waals surface area contributed by atoms with Crippen molar-refractivity contribution in [2.24, 2.45) is 0 Å². The lowest BCUT2D eigenvalue weighted by atomic mass is 9.97. The molecule has 0 radical (unpaired) electrons. The maximum Gasteiger partial charge on any atom is 0.247 e. The van der Waals surface area contributed by atoms with Crippen LogP contribution in [0.2, 0.25) is 0 Å². The number of aryl methyl sites for hydroxylation is 1. The van der Waals surface area contributed by atoms with Crippen LogP contribution in [0.1, 0.15) is 44.4 Å². The van der Waals surface area contributed by atoms with Gasteiger partial charge in [0.15, 0.2) is 0 Å². The molecule has 1 aliphatic carbocycles. The van der Waals surface area contributed by atoms with E-state index < -0.39 is 0 Å². The predicted octanol–water partition coefficient (Wildman–Crippen LogP) is 3.82. The Kier molecular flexibility index (Phi) is 5.93. The fraction of sp³-hybridized carbons (Fsp3) is 0.421. The standard InChI is InChI=1S/C19H22FN3O2/c20-16-8-6-15(7-9-16)19-23-22-18(25-19)11-10-17(24)21-13-12-14-4-2-1-3-5-14/h4,6-9H,1-3,5,10-13H2,(H,21,24). The number of hydrogen-bond donors (Lipinski definition) is 1. The van der Waals surface area contributed by atoms with Crippen LogP contribution in [-0.2, 0) is 11.2 Å². The zero-order valence-corrected chi connectivity index (χ0v) is 14.1. The molecule has 1 aliphatic rings. The van der Waals surface area contributed by atoms with Gasteiger partial charge in [0.25, 0.3) is 0 Å². The van der Waals surface area contributed by atoms with Gasteiger partial charge in [0.2, 0.25) is 17.7 Å². The molecule has 25 heavy (non-hydrogen) atoms. The summed E-state index contributed by atoms with van der Waals surface area (Å²) in [4.78, 5) is 11.9. The summed E-state index contributed by atoms with van der Waals surface area (Å²) in [5.74, 6) is 0.409. The minimum atomic E-state index is -0.316. The van der Waals surface area contributed by atoms with Gasteiger partial charge in [0, 0.05) is 24.9 Å². The number of nitrogens with one attached hydrogen (secondary N) is 1. The molecule has 3 rings (SSSR count). The summed E-state index contributed by atoms with van der Waals surface area (Å²) in [5, 5.41) is 10.8. The second-order valence-electron chi connectivity index (χ2n) is 6.22. The first kappa shape index (κ1) is 17.3. The number of halogens is 1. The van der Waals surface area contributed by atoms with Gasteiger partial charge in [-0.05, 0) is 56.4 Å². The monoisotopic (exact) mass is 343 g/mol. The molecule has 0 saturated heterocycles. The fourth-order valence-electron chi connectivity index (χ4n) is 2.87. The van der Waals surface area contributed by atoms with Crippen molar-refractivity contribution in [1.29, 1.82) is 0 Å². The molecule has 0 aliphatic heterocycles. The van der Waals surface area contributed by atoms with E-state index in [0.717, 1.165) is 19.3 Å². The summed E-state index contributed by atoms with van der Waals surface area (Å²) in [5.41, 5.74) is 2.11. The van der Waals surface area contributed by atoms with Crippen molar-refractivity contribution in [2.45, 2.75) is 44.9 Å². The molecule has 1 aromatic carbocycles. The number of carbonyl (C=O) groups excluding carboxylic acids is 1. The summed E-state index contributed by atoms with van der Waals surface area (Å²) in [6, 6.07) is 5.85. The molecule has 0 atom stereocenters. The zero-order valence-electron chi connectivity index (χ0n) is 14.1. The summed E-state index contributed by atoms with van der Waals surface area (Å²) < 4.78 is 18.4. The fourth-order valence-corrected chi connectivity index (χ4v) is 2.87. The Morgan fingerprint density at radius 1 is 1.16 bits per heavy atom. The van der Waals surface area contributed by atoms with Crippen molar-refractivity contribution in [3.05, 3.63) is 47.6 Å². The van der Waals surface area contributed by atoms with Gasteiger partial charge in [0.1, 0.15) is 5.82 Å². The molecule has 5 nitrogen and oxygen atoms in total. The Bertz CT molecular complexity index is 737. The van der Waals surface area contributed by atoms with Crippen LogP contribution in [0, 0.1) is 5.82 Å². The normalized spacial score (nSPS) is 14.2. The van der Waals surface area contributed by atoms with Crippen LogP contribution in [0.25, 0.3) is 11.5 Å². The van der Waals surface area contributed by atoms with E-state index in [9.17, 15) is 9.18 Å². The van der Waals surface area contributed by atoms with Crippen molar-refractivity contribution in [2.75, 3.05) is 6.54 Å². The second-order valence-corrected chi connectivity index (χ2v) is 6.22. The largest absolute Gasteiger partial charge is 0.421 e. The average Bonchev–Trinajstić information content (AvgIpc) is 3.10. The SMILES string of the molecule is O=C(CCc1nnc(-c2ccc(F)cc2)o1)NCCC1=CCCCC1. The minimum absolute atomic E-state index is 0.0158. The highest BCUT2D eigenvalue weighted by molar-refractivity contribution is 5.76. The van der Waals surface area contributed by atoms with Crippen molar-refractivity contribution in [3.63, 3.8) is 0 Å². The van der Waals surface area contributed by atoms with Crippen LogP contribution in [0.4, 0.5) is 4.39 Å². The first-order valence-electron chi connectivity index (χ1n) is 8.73. The molecule has 0 fully saturated rings. The first-order chi connectivity index (χ1) is 12.2. The molecule has 1 heterocycles. The van der Waals surface area contributed by atoms with Crippen LogP contribution in [0.3, 0.4) is 0 Å². The lowest BCUT2D eigenvalue weighted by Gasteiger charge is -2.12. The molecular formula is C19H22FN3O2. The van der Waals surface area contributed by atoms with E-state index in [4.69, 9.17) is 4.42 Å². The van der Waals surface area contributed by atoms with Gasteiger partial charge in [-0.3, -0.25) is 4.79 Å². The van der Waals surface area contributed by atoms with E-state index in [0.29, 0.717) is 36.7 Å². The molecule has 1 amide bonds. The summed E-state index contributed by atoms with van der Waals surface area (Å²) in [6.07, 6.45) is 8.78. The molecule has 0 unspecified atom stereocenters. The van der Waals surface area contributed by atoms with Gasteiger partial charge in [-0.25, -0.2) is 4.39 Å². The molecule has 1 N–H and O–H groups in total. The minimum Gasteiger partial charge on any atom is -0.421 e. The van der Waals surface area contributed by atoms with E-state index in [1.165, 1.54) is 30.5 Å². The molecule has 6 heteroatoms. The summed E-state index contributed by atoms with van der Waals surface area (Å²) in [7, 11) is 0. The van der Waals surface area contributed by atoms with Crippen molar-refractivity contribution in [3.8, 4) is 11.5 Å². The predicted molar refractivity (Wildman–Crippen MR) is 92.2 cm³/mol. The zero-order chi connectivity index (χ0) is 17.5. The second kappa shape index (κ2) is 8.55. The number of hydrogen-bond acceptors (Lipinski definition) is 4. The molecule has 2 aromatic rings. The molecule has 0 spiro atoms. The summed E-state index contributed by atoms with van der Waals surface area (Å²) >= 11 is 0. The Morgan fingerprint density at radius 2 is 2.00 bits per heavy atom. The molecular weight excluding hydrogens is 321 g/mol. The van der Waals surface area contributed by atoms with Crippen molar-refractivity contribution >= 4 is 5.91 Å². The van der Waals surface area contributed by atoms with E-state index >= 15 is 0 Å². The number of nitrogens with zero attached hydrogens (tertiary/aromatic N) is 2. The molecule has 0 saturated carbocycles. The van der Waals surface area contributed by atoms with Gasteiger partial charge in [-0.15, -0.1) is 10.2 Å². The number of aromatic nitrogens is 2. The highest BCUT2D eigenvalue weighted by Crippen LogP contribution is 2.20. The van der Waals surface area contributed by atoms with Gasteiger partial charge in [-0.2, -0.15) is 0 Å². The Morgan fingerprint density at radius 3 is 2.76 bits per heavy atom. The van der Waals surface area contributed by atoms with Gasteiger partial charge < -0.3 is 9.73 Å². The Labute approximate surface area is 146 Å². The van der Waals surface area contributed by atoms with E-state index in [1.54, 1.807) is 12.1 Å². The quantitative estimate of drug-likeness (QED) is 0.776. The van der Waals surface area contributed by atoms with Crippen LogP contribution in [0.5, 0.6) is 0 Å². The number of benzene rings is 1. The third kappa shape index (κ3) is 5.24. The highest BCUT2D eigenvalue weighted by atomic mass is 19.1. The Balaban J connectivity index is 1.41. The van der Waals surface area contributed by atoms with Gasteiger partial charge >= 0.3 is 0 Å². The first-order valence-corrected chi connectivity index (χ1v) is 8.73. The van der Waals surface area contributed by atoms with Gasteiger partial charge in [-0.1, -0.05) is 11.6 Å². The molecule has 132 valence electrons. The average molecular weight is 343 g/mol. The van der Waals surface area contributed by atoms with Crippen LogP contribution < -0.4 is 5.32 Å². The maximum atomic E-state index is 12.9. The number of allylic oxidation sites excluding steroid dienone is 1.